The van der Waals surface area contributed by atoms with Crippen LogP contribution in [0.3, 0.4) is 0 Å². The van der Waals surface area contributed by atoms with E-state index in [4.69, 9.17) is 0 Å². The van der Waals surface area contributed by atoms with Crippen LogP contribution in [0.1, 0.15) is 18.1 Å². The van der Waals surface area contributed by atoms with Gasteiger partial charge in [0.2, 0.25) is 5.91 Å². The van der Waals surface area contributed by atoms with Crippen molar-refractivity contribution in [3.8, 4) is 0 Å². The van der Waals surface area contributed by atoms with Crippen LogP contribution in [0.4, 0.5) is 8.78 Å². The summed E-state index contributed by atoms with van der Waals surface area (Å²) in [4.78, 5) is 15.3. The van der Waals surface area contributed by atoms with E-state index >= 15 is 0 Å². The summed E-state index contributed by atoms with van der Waals surface area (Å²) in [6.07, 6.45) is 1.90. The molecule has 2 aromatic carbocycles. The lowest BCUT2D eigenvalue weighted by Gasteiger charge is -2.24. The van der Waals surface area contributed by atoms with E-state index in [1.54, 1.807) is 6.20 Å². The molecule has 0 bridgehead atoms. The molecule has 0 aliphatic heterocycles. The van der Waals surface area contributed by atoms with E-state index in [-0.39, 0.29) is 24.4 Å². The molecule has 4 nitrogen and oxygen atoms in total. The molecule has 130 valence electrons. The Bertz CT molecular complexity index is 919. The first-order chi connectivity index (χ1) is 11.9. The van der Waals surface area contributed by atoms with E-state index in [0.29, 0.717) is 6.07 Å². The molecule has 0 aliphatic carbocycles. The van der Waals surface area contributed by atoms with Crippen LogP contribution in [-0.4, -0.2) is 22.5 Å². The first-order valence-corrected chi connectivity index (χ1v) is 7.86. The fourth-order valence-corrected chi connectivity index (χ4v) is 2.81. The van der Waals surface area contributed by atoms with Crippen LogP contribution >= 0.6 is 0 Å². The topological polar surface area (TPSA) is 65.1 Å². The fourth-order valence-electron chi connectivity index (χ4n) is 2.81. The van der Waals surface area contributed by atoms with Gasteiger partial charge in [0, 0.05) is 28.7 Å². The molecule has 3 rings (SSSR count). The molecule has 1 heterocycles. The van der Waals surface area contributed by atoms with Crippen LogP contribution in [0, 0.1) is 11.6 Å². The third-order valence-electron chi connectivity index (χ3n) is 4.17. The Morgan fingerprint density at radius 1 is 1.24 bits per heavy atom. The Labute approximate surface area is 143 Å². The minimum atomic E-state index is -1.65. The van der Waals surface area contributed by atoms with Gasteiger partial charge in [-0.05, 0) is 24.6 Å². The predicted octanol–water partition coefficient (Wildman–Crippen LogP) is 3.01. The highest BCUT2D eigenvalue weighted by atomic mass is 19.1. The SMILES string of the molecule is CC(O)(CNC(=O)Cc1c[nH]c2ccccc12)c1ccc(F)cc1F. The summed E-state index contributed by atoms with van der Waals surface area (Å²) in [7, 11) is 0. The van der Waals surface area contributed by atoms with Gasteiger partial charge in [-0.3, -0.25) is 4.79 Å². The molecule has 6 heteroatoms. The van der Waals surface area contributed by atoms with E-state index in [0.717, 1.165) is 22.5 Å². The molecule has 1 aromatic heterocycles. The van der Waals surface area contributed by atoms with Gasteiger partial charge in [0.15, 0.2) is 0 Å². The van der Waals surface area contributed by atoms with Crippen molar-refractivity contribution in [3.05, 3.63) is 71.4 Å². The predicted molar refractivity (Wildman–Crippen MR) is 90.9 cm³/mol. The fraction of sp³-hybridized carbons (Fsp3) is 0.211. The van der Waals surface area contributed by atoms with Crippen molar-refractivity contribution in [1.29, 1.82) is 0 Å². The van der Waals surface area contributed by atoms with Gasteiger partial charge in [-0.25, -0.2) is 8.78 Å². The lowest BCUT2D eigenvalue weighted by Crippen LogP contribution is -2.39. The first kappa shape index (κ1) is 17.1. The van der Waals surface area contributed by atoms with E-state index < -0.39 is 17.2 Å². The van der Waals surface area contributed by atoms with Crippen LogP contribution in [0.2, 0.25) is 0 Å². The summed E-state index contributed by atoms with van der Waals surface area (Å²) in [5.41, 5.74) is 0.0564. The Morgan fingerprint density at radius 2 is 2.00 bits per heavy atom. The van der Waals surface area contributed by atoms with Crippen molar-refractivity contribution in [2.24, 2.45) is 0 Å². The van der Waals surface area contributed by atoms with Crippen molar-refractivity contribution in [3.63, 3.8) is 0 Å². The summed E-state index contributed by atoms with van der Waals surface area (Å²) in [6.45, 7) is 1.19. The van der Waals surface area contributed by atoms with Crippen molar-refractivity contribution in [2.45, 2.75) is 18.9 Å². The van der Waals surface area contributed by atoms with Gasteiger partial charge in [-0.15, -0.1) is 0 Å². The van der Waals surface area contributed by atoms with E-state index in [9.17, 15) is 18.7 Å². The van der Waals surface area contributed by atoms with E-state index in [2.05, 4.69) is 10.3 Å². The summed E-state index contributed by atoms with van der Waals surface area (Å²) >= 11 is 0. The third kappa shape index (κ3) is 3.69. The number of aromatic amines is 1. The maximum atomic E-state index is 13.8. The summed E-state index contributed by atoms with van der Waals surface area (Å²) in [5.74, 6) is -1.87. The minimum absolute atomic E-state index is 0.0682. The summed E-state index contributed by atoms with van der Waals surface area (Å²) < 4.78 is 26.8. The second-order valence-electron chi connectivity index (χ2n) is 6.21. The molecule has 3 aromatic rings. The Balaban J connectivity index is 1.67. The Kier molecular flexibility index (Phi) is 4.55. The van der Waals surface area contributed by atoms with E-state index in [1.807, 2.05) is 24.3 Å². The molecule has 0 aliphatic rings. The molecule has 0 saturated heterocycles. The number of aliphatic hydroxyl groups is 1. The highest BCUT2D eigenvalue weighted by Crippen LogP contribution is 2.24. The highest BCUT2D eigenvalue weighted by molar-refractivity contribution is 5.88. The van der Waals surface area contributed by atoms with Gasteiger partial charge in [-0.2, -0.15) is 0 Å². The molecule has 1 atom stereocenters. The average Bonchev–Trinajstić information content (AvgIpc) is 2.96. The zero-order valence-corrected chi connectivity index (χ0v) is 13.6. The number of benzene rings is 2. The zero-order chi connectivity index (χ0) is 18.0. The molecule has 1 amide bonds. The van der Waals surface area contributed by atoms with Gasteiger partial charge in [-0.1, -0.05) is 24.3 Å². The average molecular weight is 344 g/mol. The number of H-pyrrole nitrogens is 1. The molecular formula is C19H18F2N2O2. The largest absolute Gasteiger partial charge is 0.383 e. The van der Waals surface area contributed by atoms with Crippen LogP contribution < -0.4 is 5.32 Å². The zero-order valence-electron chi connectivity index (χ0n) is 13.6. The number of rotatable bonds is 5. The smallest absolute Gasteiger partial charge is 0.224 e. The maximum Gasteiger partial charge on any atom is 0.224 e. The quantitative estimate of drug-likeness (QED) is 0.666. The minimum Gasteiger partial charge on any atom is -0.383 e. The van der Waals surface area contributed by atoms with Gasteiger partial charge in [0.1, 0.15) is 17.2 Å². The van der Waals surface area contributed by atoms with Gasteiger partial charge >= 0.3 is 0 Å². The van der Waals surface area contributed by atoms with Crippen LogP contribution in [0.25, 0.3) is 10.9 Å². The number of para-hydroxylation sites is 1. The number of halogens is 2. The van der Waals surface area contributed by atoms with Crippen LogP contribution in [0.5, 0.6) is 0 Å². The number of carbonyl (C=O) groups is 1. The molecule has 3 N–H and O–H groups in total. The van der Waals surface area contributed by atoms with E-state index in [1.165, 1.54) is 13.0 Å². The molecule has 0 saturated carbocycles. The Morgan fingerprint density at radius 3 is 2.76 bits per heavy atom. The van der Waals surface area contributed by atoms with Crippen molar-refractivity contribution in [1.82, 2.24) is 10.3 Å². The van der Waals surface area contributed by atoms with Crippen LogP contribution in [0.15, 0.2) is 48.7 Å². The number of nitrogens with one attached hydrogen (secondary N) is 2. The number of carbonyl (C=O) groups excluding carboxylic acids is 1. The lowest BCUT2D eigenvalue weighted by molar-refractivity contribution is -0.121. The molecule has 0 radical (unpaired) electrons. The summed E-state index contributed by atoms with van der Waals surface area (Å²) in [6, 6.07) is 10.6. The molecule has 0 spiro atoms. The number of aromatic nitrogens is 1. The number of hydrogen-bond acceptors (Lipinski definition) is 2. The highest BCUT2D eigenvalue weighted by Gasteiger charge is 2.27. The molecule has 25 heavy (non-hydrogen) atoms. The third-order valence-corrected chi connectivity index (χ3v) is 4.17. The van der Waals surface area contributed by atoms with Gasteiger partial charge in [0.25, 0.3) is 0 Å². The number of amides is 1. The second kappa shape index (κ2) is 6.64. The molecule has 0 fully saturated rings. The number of fused-ring (bicyclic) bond motifs is 1. The van der Waals surface area contributed by atoms with Crippen molar-refractivity contribution in [2.75, 3.05) is 6.54 Å². The lowest BCUT2D eigenvalue weighted by atomic mass is 9.95. The first-order valence-electron chi connectivity index (χ1n) is 7.86. The van der Waals surface area contributed by atoms with Gasteiger partial charge < -0.3 is 15.4 Å². The van der Waals surface area contributed by atoms with Crippen molar-refractivity contribution >= 4 is 16.8 Å². The standard InChI is InChI=1S/C19H18F2N2O2/c1-19(25,15-7-6-13(20)9-16(15)21)11-23-18(24)8-12-10-22-17-5-3-2-4-14(12)17/h2-7,9-10,22,25H,8,11H2,1H3,(H,23,24). The second-order valence-corrected chi connectivity index (χ2v) is 6.21. The van der Waals surface area contributed by atoms with Crippen LogP contribution in [-0.2, 0) is 16.8 Å². The number of hydrogen-bond donors (Lipinski definition) is 3. The molecule has 1 unspecified atom stereocenters. The van der Waals surface area contributed by atoms with Gasteiger partial charge in [0.05, 0.1) is 13.0 Å². The maximum absolute atomic E-state index is 13.8. The normalized spacial score (nSPS) is 13.6. The monoisotopic (exact) mass is 344 g/mol. The Hall–Kier alpha value is -2.73. The molecular weight excluding hydrogens is 326 g/mol. The summed E-state index contributed by atoms with van der Waals surface area (Å²) in [5, 5.41) is 14.0. The van der Waals surface area contributed by atoms with Crippen molar-refractivity contribution < 1.29 is 18.7 Å².